The minimum Gasteiger partial charge on any atom is -0.409 e. The summed E-state index contributed by atoms with van der Waals surface area (Å²) in [5.41, 5.74) is 0.770. The van der Waals surface area contributed by atoms with Gasteiger partial charge in [0.25, 0.3) is 4.84 Å². The zero-order chi connectivity index (χ0) is 18.7. The molecule has 2 heterocycles. The van der Waals surface area contributed by atoms with Crippen molar-refractivity contribution in [2.24, 2.45) is 0 Å². The molecule has 1 atom stereocenters. The van der Waals surface area contributed by atoms with Crippen LogP contribution >= 0.6 is 23.8 Å². The maximum atomic E-state index is 11.8. The standard InChI is InChI=1S/C16H20ClN3O4S2/c1-23-8-7-19(14-6-9-26(21,22)10-14)11-20-16(25)24-15(18-20)12-2-4-13(17)5-3-12/h2-5,14H,6-11H2,1H3/t14-/m1/s1. The number of methoxy groups -OCH3 is 1. The van der Waals surface area contributed by atoms with Crippen molar-refractivity contribution in [3.63, 3.8) is 0 Å². The van der Waals surface area contributed by atoms with Gasteiger partial charge in [-0.15, -0.1) is 5.10 Å². The van der Waals surface area contributed by atoms with Crippen LogP contribution in [0.4, 0.5) is 0 Å². The third-order valence-electron chi connectivity index (χ3n) is 4.32. The Balaban J connectivity index is 1.80. The van der Waals surface area contributed by atoms with E-state index in [0.29, 0.717) is 37.2 Å². The third-order valence-corrected chi connectivity index (χ3v) is 6.62. The Morgan fingerprint density at radius 1 is 1.42 bits per heavy atom. The van der Waals surface area contributed by atoms with E-state index in [1.807, 2.05) is 4.90 Å². The molecule has 1 aromatic carbocycles. The van der Waals surface area contributed by atoms with Crippen LogP contribution in [0.1, 0.15) is 6.42 Å². The summed E-state index contributed by atoms with van der Waals surface area (Å²) >= 11 is 11.2. The number of hydrogen-bond donors (Lipinski definition) is 0. The van der Waals surface area contributed by atoms with E-state index >= 15 is 0 Å². The van der Waals surface area contributed by atoms with E-state index < -0.39 is 9.84 Å². The van der Waals surface area contributed by atoms with Gasteiger partial charge in [0, 0.05) is 30.3 Å². The molecule has 3 rings (SSSR count). The van der Waals surface area contributed by atoms with E-state index in [0.717, 1.165) is 5.56 Å². The Kier molecular flexibility index (Phi) is 6.13. The molecule has 1 aromatic heterocycles. The molecule has 2 aromatic rings. The summed E-state index contributed by atoms with van der Waals surface area (Å²) in [7, 11) is -1.37. The van der Waals surface area contributed by atoms with Gasteiger partial charge in [0.2, 0.25) is 5.89 Å². The number of aromatic nitrogens is 2. The molecule has 142 valence electrons. The fourth-order valence-electron chi connectivity index (χ4n) is 2.92. The summed E-state index contributed by atoms with van der Waals surface area (Å²) in [6.45, 7) is 1.42. The summed E-state index contributed by atoms with van der Waals surface area (Å²) in [6.07, 6.45) is 0.598. The lowest BCUT2D eigenvalue weighted by Crippen LogP contribution is -2.40. The molecule has 10 heteroatoms. The number of nitrogens with zero attached hydrogens (tertiary/aromatic N) is 3. The van der Waals surface area contributed by atoms with Crippen LogP contribution in [0.5, 0.6) is 0 Å². The molecule has 1 aliphatic rings. The zero-order valence-corrected chi connectivity index (χ0v) is 16.7. The first-order valence-corrected chi connectivity index (χ1v) is 10.8. The van der Waals surface area contributed by atoms with Gasteiger partial charge in [0.15, 0.2) is 9.84 Å². The zero-order valence-electron chi connectivity index (χ0n) is 14.3. The number of rotatable bonds is 7. The first kappa shape index (κ1) is 19.5. The smallest absolute Gasteiger partial charge is 0.288 e. The molecule has 7 nitrogen and oxygen atoms in total. The van der Waals surface area contributed by atoms with E-state index in [1.165, 1.54) is 0 Å². The molecular formula is C16H20ClN3O4S2. The summed E-state index contributed by atoms with van der Waals surface area (Å²) in [4.78, 5) is 2.26. The summed E-state index contributed by atoms with van der Waals surface area (Å²) in [5, 5.41) is 5.06. The molecule has 1 saturated heterocycles. The second-order valence-electron chi connectivity index (χ2n) is 6.18. The van der Waals surface area contributed by atoms with E-state index in [9.17, 15) is 8.42 Å². The van der Waals surface area contributed by atoms with Gasteiger partial charge in [-0.05, 0) is 42.9 Å². The Hall–Kier alpha value is -1.26. The van der Waals surface area contributed by atoms with E-state index in [1.54, 1.807) is 36.1 Å². The predicted octanol–water partition coefficient (Wildman–Crippen LogP) is 2.62. The Morgan fingerprint density at radius 2 is 2.15 bits per heavy atom. The van der Waals surface area contributed by atoms with Gasteiger partial charge < -0.3 is 9.15 Å². The Labute approximate surface area is 162 Å². The maximum absolute atomic E-state index is 11.8. The van der Waals surface area contributed by atoms with Gasteiger partial charge in [-0.1, -0.05) is 11.6 Å². The lowest BCUT2D eigenvalue weighted by molar-refractivity contribution is 0.0973. The molecular weight excluding hydrogens is 398 g/mol. The van der Waals surface area contributed by atoms with Gasteiger partial charge in [0.1, 0.15) is 0 Å². The SMILES string of the molecule is COCCN(Cn1nc(-c2ccc(Cl)cc2)oc1=S)[C@@H]1CCS(=O)(=O)C1. The highest BCUT2D eigenvalue weighted by Crippen LogP contribution is 2.22. The van der Waals surface area contributed by atoms with E-state index in [4.69, 9.17) is 33.0 Å². The van der Waals surface area contributed by atoms with Gasteiger partial charge >= 0.3 is 0 Å². The number of sulfone groups is 1. The molecule has 0 unspecified atom stereocenters. The normalized spacial score (nSPS) is 19.3. The fraction of sp³-hybridized carbons (Fsp3) is 0.500. The van der Waals surface area contributed by atoms with Crippen LogP contribution in [0.2, 0.25) is 5.02 Å². The minimum atomic E-state index is -2.98. The number of ether oxygens (including phenoxy) is 1. The topological polar surface area (TPSA) is 77.6 Å². The molecule has 0 aliphatic carbocycles. The second-order valence-corrected chi connectivity index (χ2v) is 9.20. The molecule has 0 bridgehead atoms. The quantitative estimate of drug-likeness (QED) is 0.641. The summed E-state index contributed by atoms with van der Waals surface area (Å²) < 4.78 is 36.0. The third kappa shape index (κ3) is 4.72. The lowest BCUT2D eigenvalue weighted by Gasteiger charge is -2.27. The molecule has 0 N–H and O–H groups in total. The van der Waals surface area contributed by atoms with E-state index in [2.05, 4.69) is 5.10 Å². The molecule has 1 aliphatic heterocycles. The molecule has 0 saturated carbocycles. The monoisotopic (exact) mass is 417 g/mol. The lowest BCUT2D eigenvalue weighted by atomic mass is 10.2. The fourth-order valence-corrected chi connectivity index (χ4v) is 4.98. The second kappa shape index (κ2) is 8.18. The Morgan fingerprint density at radius 3 is 2.77 bits per heavy atom. The highest BCUT2D eigenvalue weighted by molar-refractivity contribution is 7.91. The van der Waals surface area contributed by atoms with Crippen molar-refractivity contribution in [1.29, 1.82) is 0 Å². The van der Waals surface area contributed by atoms with E-state index in [-0.39, 0.29) is 22.4 Å². The first-order valence-electron chi connectivity index (χ1n) is 8.15. The number of benzene rings is 1. The van der Waals surface area contributed by atoms with Crippen molar-refractivity contribution in [2.75, 3.05) is 31.8 Å². The average Bonchev–Trinajstić information content (AvgIpc) is 3.14. The van der Waals surface area contributed by atoms with Crippen molar-refractivity contribution in [1.82, 2.24) is 14.7 Å². The van der Waals surface area contributed by atoms with Crippen LogP contribution in [-0.2, 0) is 21.2 Å². The molecule has 0 amide bonds. The molecule has 0 spiro atoms. The van der Waals surface area contributed by atoms with Crippen LogP contribution in [-0.4, -0.2) is 60.9 Å². The van der Waals surface area contributed by atoms with Crippen molar-refractivity contribution in [3.05, 3.63) is 34.1 Å². The Bertz CT molecular complexity index is 908. The highest BCUT2D eigenvalue weighted by atomic mass is 35.5. The molecule has 0 radical (unpaired) electrons. The van der Waals surface area contributed by atoms with Crippen LogP contribution in [0, 0.1) is 4.84 Å². The predicted molar refractivity (Wildman–Crippen MR) is 101 cm³/mol. The van der Waals surface area contributed by atoms with Gasteiger partial charge in [-0.2, -0.15) is 0 Å². The number of halogens is 1. The summed E-state index contributed by atoms with van der Waals surface area (Å²) in [5.74, 6) is 0.755. The van der Waals surface area contributed by atoms with Crippen LogP contribution < -0.4 is 0 Å². The van der Waals surface area contributed by atoms with Crippen LogP contribution in [0.15, 0.2) is 28.7 Å². The maximum Gasteiger partial charge on any atom is 0.288 e. The van der Waals surface area contributed by atoms with Crippen molar-refractivity contribution < 1.29 is 17.6 Å². The van der Waals surface area contributed by atoms with Crippen LogP contribution in [0.25, 0.3) is 11.5 Å². The molecule has 26 heavy (non-hydrogen) atoms. The number of hydrogen-bond acceptors (Lipinski definition) is 7. The first-order chi connectivity index (χ1) is 12.4. The van der Waals surface area contributed by atoms with Crippen molar-refractivity contribution >= 4 is 33.7 Å². The van der Waals surface area contributed by atoms with Crippen LogP contribution in [0.3, 0.4) is 0 Å². The van der Waals surface area contributed by atoms with Gasteiger partial charge in [-0.25, -0.2) is 13.1 Å². The molecule has 1 fully saturated rings. The van der Waals surface area contributed by atoms with Gasteiger partial charge in [-0.3, -0.25) is 4.90 Å². The van der Waals surface area contributed by atoms with Crippen molar-refractivity contribution in [2.45, 2.75) is 19.1 Å². The summed E-state index contributed by atoms with van der Waals surface area (Å²) in [6, 6.07) is 7.04. The van der Waals surface area contributed by atoms with Gasteiger partial charge in [0.05, 0.1) is 24.8 Å². The minimum absolute atomic E-state index is 0.0762. The average molecular weight is 418 g/mol. The highest BCUT2D eigenvalue weighted by Gasteiger charge is 2.32. The largest absolute Gasteiger partial charge is 0.409 e. The van der Waals surface area contributed by atoms with Crippen molar-refractivity contribution in [3.8, 4) is 11.5 Å².